The van der Waals surface area contributed by atoms with E-state index in [2.05, 4.69) is 56.5 Å². The highest BCUT2D eigenvalue weighted by Gasteiger charge is 2.15. The zero-order valence-electron chi connectivity index (χ0n) is 20.7. The first-order valence-electron chi connectivity index (χ1n) is 12.2. The lowest BCUT2D eigenvalue weighted by Crippen LogP contribution is -2.27. The third-order valence-corrected chi connectivity index (χ3v) is 7.24. The number of hydrogen-bond acceptors (Lipinski definition) is 7. The number of thiophene rings is 1. The van der Waals surface area contributed by atoms with Crippen LogP contribution < -0.4 is 5.32 Å². The van der Waals surface area contributed by atoms with Crippen molar-refractivity contribution in [3.05, 3.63) is 88.2 Å². The molecule has 3 N–H and O–H groups in total. The smallest absolute Gasteiger partial charge is 0.251 e. The molecule has 0 spiro atoms. The van der Waals surface area contributed by atoms with Crippen molar-refractivity contribution >= 4 is 44.2 Å². The van der Waals surface area contributed by atoms with Crippen molar-refractivity contribution in [3.63, 3.8) is 0 Å². The second kappa shape index (κ2) is 11.0. The highest BCUT2D eigenvalue weighted by molar-refractivity contribution is 7.18. The summed E-state index contributed by atoms with van der Waals surface area (Å²) in [5, 5.41) is 22.8. The Bertz CT molecular complexity index is 1590. The van der Waals surface area contributed by atoms with E-state index in [0.717, 1.165) is 37.1 Å². The van der Waals surface area contributed by atoms with E-state index in [1.165, 1.54) is 12.0 Å². The number of nitrogens with one attached hydrogen (secondary N) is 2. The second-order valence-electron chi connectivity index (χ2n) is 9.06. The Morgan fingerprint density at radius 1 is 1.11 bits per heavy atom. The van der Waals surface area contributed by atoms with E-state index in [9.17, 15) is 4.79 Å². The van der Waals surface area contributed by atoms with Gasteiger partial charge in [0.1, 0.15) is 11.2 Å². The average Bonchev–Trinajstić information content (AvgIpc) is 3.49. The van der Waals surface area contributed by atoms with Crippen LogP contribution in [0.5, 0.6) is 0 Å². The first-order valence-corrected chi connectivity index (χ1v) is 13.0. The van der Waals surface area contributed by atoms with Crippen LogP contribution in [-0.2, 0) is 13.0 Å². The first-order chi connectivity index (χ1) is 18.0. The summed E-state index contributed by atoms with van der Waals surface area (Å²) in [6.45, 7) is 4.91. The summed E-state index contributed by atoms with van der Waals surface area (Å²) < 4.78 is 0. The van der Waals surface area contributed by atoms with Crippen molar-refractivity contribution in [1.29, 1.82) is 0 Å². The summed E-state index contributed by atoms with van der Waals surface area (Å²) in [5.74, 6) is 0.682. The Balaban J connectivity index is 1.40. The van der Waals surface area contributed by atoms with Crippen LogP contribution in [0.4, 0.5) is 5.82 Å². The maximum Gasteiger partial charge on any atom is 0.251 e. The van der Waals surface area contributed by atoms with E-state index in [4.69, 9.17) is 5.11 Å². The Labute approximate surface area is 218 Å². The van der Waals surface area contributed by atoms with E-state index in [1.807, 2.05) is 36.4 Å². The summed E-state index contributed by atoms with van der Waals surface area (Å²) in [4.78, 5) is 26.8. The summed E-state index contributed by atoms with van der Waals surface area (Å²) in [7, 11) is 0. The Morgan fingerprint density at radius 3 is 2.76 bits per heavy atom. The molecule has 9 heteroatoms. The number of aromatic nitrogens is 3. The molecule has 5 rings (SSSR count). The summed E-state index contributed by atoms with van der Waals surface area (Å²) in [5.41, 5.74) is 4.93. The van der Waals surface area contributed by atoms with Gasteiger partial charge in [-0.2, -0.15) is 5.11 Å². The molecule has 0 atom stereocenters. The molecule has 0 aliphatic heterocycles. The average molecular weight is 513 g/mol. The minimum Gasteiger partial charge on any atom is -0.395 e. The highest BCUT2D eigenvalue weighted by Crippen LogP contribution is 2.33. The molecule has 0 fully saturated rings. The van der Waals surface area contributed by atoms with Crippen LogP contribution in [0.2, 0.25) is 0 Å². The number of H-pyrrole nitrogens is 1. The number of nitrogens with zero attached hydrogens (tertiary/aromatic N) is 4. The van der Waals surface area contributed by atoms with E-state index in [0.29, 0.717) is 30.3 Å². The van der Waals surface area contributed by atoms with Crippen LogP contribution >= 0.6 is 11.3 Å². The molecule has 2 aromatic carbocycles. The fourth-order valence-corrected chi connectivity index (χ4v) is 5.48. The lowest BCUT2D eigenvalue weighted by atomic mass is 10.0. The molecule has 0 aliphatic carbocycles. The number of aromatic amines is 1. The molecule has 37 heavy (non-hydrogen) atoms. The van der Waals surface area contributed by atoms with E-state index >= 15 is 0 Å². The number of benzene rings is 2. The second-order valence-corrected chi connectivity index (χ2v) is 10.2. The van der Waals surface area contributed by atoms with Crippen LogP contribution in [-0.4, -0.2) is 39.1 Å². The number of para-hydroxylation sites is 1. The zero-order valence-corrected chi connectivity index (χ0v) is 21.5. The number of aliphatic hydroxyl groups excluding tert-OH is 1. The van der Waals surface area contributed by atoms with E-state index < -0.39 is 0 Å². The van der Waals surface area contributed by atoms with Crippen LogP contribution in [0.15, 0.2) is 71.2 Å². The summed E-state index contributed by atoms with van der Waals surface area (Å²) in [6, 6.07) is 17.8. The van der Waals surface area contributed by atoms with Gasteiger partial charge in [0.15, 0.2) is 5.82 Å². The van der Waals surface area contributed by atoms with Gasteiger partial charge in [-0.1, -0.05) is 50.2 Å². The van der Waals surface area contributed by atoms with Crippen LogP contribution in [0, 0.1) is 0 Å². The Morgan fingerprint density at radius 2 is 1.92 bits per heavy atom. The normalized spacial score (nSPS) is 11.8. The third-order valence-electron chi connectivity index (χ3n) is 6.20. The van der Waals surface area contributed by atoms with Gasteiger partial charge in [0, 0.05) is 45.6 Å². The minimum absolute atomic E-state index is 0.0979. The number of amides is 1. The molecule has 0 saturated heterocycles. The van der Waals surface area contributed by atoms with Gasteiger partial charge in [0.05, 0.1) is 18.5 Å². The quantitative estimate of drug-likeness (QED) is 0.213. The Hall–Kier alpha value is -3.95. The van der Waals surface area contributed by atoms with Gasteiger partial charge in [-0.3, -0.25) is 4.79 Å². The molecular formula is C28H28N6O2S. The predicted octanol–water partition coefficient (Wildman–Crippen LogP) is 5.89. The SMILES string of the molecule is CC(C)c1[nH]c2ccccc2c1CN=Nc1ncnc2sc(Cc3ccccc3C(=O)NCCO)cc12. The number of carbonyl (C=O) groups excluding carboxylic acids is 1. The highest BCUT2D eigenvalue weighted by atomic mass is 32.1. The summed E-state index contributed by atoms with van der Waals surface area (Å²) in [6.07, 6.45) is 2.09. The topological polar surface area (TPSA) is 116 Å². The van der Waals surface area contributed by atoms with Crippen molar-refractivity contribution in [3.8, 4) is 0 Å². The van der Waals surface area contributed by atoms with Gasteiger partial charge in [-0.05, 0) is 29.7 Å². The lowest BCUT2D eigenvalue weighted by Gasteiger charge is -2.08. The van der Waals surface area contributed by atoms with Gasteiger partial charge in [-0.15, -0.1) is 16.5 Å². The molecule has 3 heterocycles. The lowest BCUT2D eigenvalue weighted by molar-refractivity contribution is 0.0944. The molecule has 0 radical (unpaired) electrons. The number of carbonyl (C=O) groups is 1. The number of aliphatic hydroxyl groups is 1. The van der Waals surface area contributed by atoms with Crippen LogP contribution in [0.3, 0.4) is 0 Å². The maximum absolute atomic E-state index is 12.5. The van der Waals surface area contributed by atoms with Crippen LogP contribution in [0.1, 0.15) is 51.8 Å². The molecule has 3 aromatic heterocycles. The monoisotopic (exact) mass is 512 g/mol. The molecule has 0 bridgehead atoms. The van der Waals surface area contributed by atoms with Crippen molar-refractivity contribution < 1.29 is 9.90 Å². The van der Waals surface area contributed by atoms with Crippen molar-refractivity contribution in [1.82, 2.24) is 20.3 Å². The van der Waals surface area contributed by atoms with Crippen molar-refractivity contribution in [2.24, 2.45) is 10.2 Å². The largest absolute Gasteiger partial charge is 0.395 e. The maximum atomic E-state index is 12.5. The van der Waals surface area contributed by atoms with Crippen LogP contribution in [0.25, 0.3) is 21.1 Å². The van der Waals surface area contributed by atoms with Gasteiger partial charge < -0.3 is 15.4 Å². The van der Waals surface area contributed by atoms with Gasteiger partial charge >= 0.3 is 0 Å². The van der Waals surface area contributed by atoms with Gasteiger partial charge in [-0.25, -0.2) is 9.97 Å². The molecule has 0 saturated carbocycles. The zero-order chi connectivity index (χ0) is 25.8. The van der Waals surface area contributed by atoms with Gasteiger partial charge in [0.2, 0.25) is 0 Å². The fraction of sp³-hybridized carbons (Fsp3) is 0.250. The molecule has 8 nitrogen and oxygen atoms in total. The number of fused-ring (bicyclic) bond motifs is 2. The van der Waals surface area contributed by atoms with E-state index in [1.54, 1.807) is 17.4 Å². The molecule has 1 amide bonds. The van der Waals surface area contributed by atoms with Crippen molar-refractivity contribution in [2.45, 2.75) is 32.7 Å². The Kier molecular flexibility index (Phi) is 7.34. The van der Waals surface area contributed by atoms with Crippen molar-refractivity contribution in [2.75, 3.05) is 13.2 Å². The standard InChI is InChI=1S/C28H28N6O2S/c1-17(2)25-23(21-9-5-6-10-24(21)33-25)15-32-34-26-22-14-19(37-28(22)31-16-30-26)13-18-7-3-4-8-20(18)27(36)29-11-12-35/h3-10,14,16-17,33,35H,11-13,15H2,1-2H3,(H,29,36). The molecule has 188 valence electrons. The predicted molar refractivity (Wildman–Crippen MR) is 147 cm³/mol. The van der Waals surface area contributed by atoms with E-state index in [-0.39, 0.29) is 19.1 Å². The van der Waals surface area contributed by atoms with Gasteiger partial charge in [0.25, 0.3) is 5.91 Å². The molecular weight excluding hydrogens is 484 g/mol. The summed E-state index contributed by atoms with van der Waals surface area (Å²) >= 11 is 1.55. The third kappa shape index (κ3) is 5.28. The fourth-order valence-electron chi connectivity index (χ4n) is 4.47. The molecule has 0 unspecified atom stereocenters. The first kappa shape index (κ1) is 24.7. The number of rotatable bonds is 9. The number of hydrogen-bond donors (Lipinski definition) is 3. The molecule has 0 aliphatic rings. The molecule has 5 aromatic rings. The number of azo groups is 1. The minimum atomic E-state index is -0.196.